The normalized spacial score (nSPS) is 20.5. The second kappa shape index (κ2) is 15.8. The van der Waals surface area contributed by atoms with Crippen LogP contribution in [0.5, 0.6) is 0 Å². The molecule has 2 amide bonds. The van der Waals surface area contributed by atoms with Gasteiger partial charge in [0.05, 0.1) is 31.9 Å². The van der Waals surface area contributed by atoms with Gasteiger partial charge in [0.2, 0.25) is 18.1 Å². The van der Waals surface area contributed by atoms with E-state index in [-0.39, 0.29) is 48.5 Å². The van der Waals surface area contributed by atoms with E-state index in [0.29, 0.717) is 58.8 Å². The second-order valence-electron chi connectivity index (χ2n) is 10.5. The molecule has 0 bridgehead atoms. The van der Waals surface area contributed by atoms with Crippen molar-refractivity contribution in [1.82, 2.24) is 14.8 Å². The fourth-order valence-corrected chi connectivity index (χ4v) is 5.63. The first kappa shape index (κ1) is 31.7. The highest BCUT2D eigenvalue weighted by Crippen LogP contribution is 2.42. The summed E-state index contributed by atoms with van der Waals surface area (Å²) in [5.74, 6) is -0.606. The quantitative estimate of drug-likeness (QED) is 0.288. The highest BCUT2D eigenvalue weighted by atomic mass is 16.7. The maximum absolute atomic E-state index is 13.3. The van der Waals surface area contributed by atoms with Gasteiger partial charge in [-0.15, -0.1) is 0 Å². The maximum atomic E-state index is 13.3. The third kappa shape index (κ3) is 7.97. The zero-order chi connectivity index (χ0) is 29.9. The Morgan fingerprint density at radius 1 is 1.14 bits per heavy atom. The number of nitrogens with zero attached hydrogens (tertiary/aromatic N) is 2. The molecule has 230 valence electrons. The highest BCUT2D eigenvalue weighted by molar-refractivity contribution is 5.95. The third-order valence-electron chi connectivity index (χ3n) is 7.65. The van der Waals surface area contributed by atoms with Crippen molar-refractivity contribution in [3.63, 3.8) is 0 Å². The minimum atomic E-state index is -0.707. The summed E-state index contributed by atoms with van der Waals surface area (Å²) in [6, 6.07) is 7.72. The van der Waals surface area contributed by atoms with Crippen molar-refractivity contribution in [2.24, 2.45) is 5.92 Å². The maximum Gasteiger partial charge on any atom is 0.286 e. The Morgan fingerprint density at radius 3 is 2.64 bits per heavy atom. The number of allylic oxidation sites excluding steroid dienone is 1. The Bertz CT molecular complexity index is 1240. The zero-order valence-corrected chi connectivity index (χ0v) is 24.6. The number of hydrogen-bond donors (Lipinski definition) is 2. The number of fused-ring (bicyclic) bond motifs is 1. The van der Waals surface area contributed by atoms with Crippen molar-refractivity contribution in [1.29, 1.82) is 0 Å². The first-order chi connectivity index (χ1) is 20.4. The van der Waals surface area contributed by atoms with Gasteiger partial charge >= 0.3 is 0 Å². The number of aliphatic hydroxyl groups is 1. The number of carbonyl (C=O) groups excluding carboxylic acids is 3. The van der Waals surface area contributed by atoms with E-state index in [4.69, 9.17) is 24.1 Å². The molecule has 3 heterocycles. The SMILES string of the molecule is CCO[C@@H]1OC(C(=O)NCCCN2CCCC2=O)=C[C@H](c2cn(C(C)=O)c3ccccc23)[C@@H]1CCOCCOCCO. The number of carbonyl (C=O) groups is 3. The van der Waals surface area contributed by atoms with E-state index in [2.05, 4.69) is 5.32 Å². The molecule has 0 spiro atoms. The van der Waals surface area contributed by atoms with E-state index < -0.39 is 6.29 Å². The Labute approximate surface area is 246 Å². The number of amides is 2. The predicted octanol–water partition coefficient (Wildman–Crippen LogP) is 2.82. The molecule has 2 aliphatic rings. The van der Waals surface area contributed by atoms with Crippen molar-refractivity contribution in [2.75, 3.05) is 59.3 Å². The minimum absolute atomic E-state index is 0.0363. The van der Waals surface area contributed by atoms with Crippen LogP contribution in [0.15, 0.2) is 42.3 Å². The van der Waals surface area contributed by atoms with Gasteiger partial charge in [-0.2, -0.15) is 0 Å². The monoisotopic (exact) mass is 585 g/mol. The summed E-state index contributed by atoms with van der Waals surface area (Å²) in [5.41, 5.74) is 1.70. The molecule has 2 aromatic rings. The summed E-state index contributed by atoms with van der Waals surface area (Å²) in [5, 5.41) is 12.7. The van der Waals surface area contributed by atoms with E-state index in [1.54, 1.807) is 4.57 Å². The molecule has 2 N–H and O–H groups in total. The van der Waals surface area contributed by atoms with Crippen LogP contribution in [0.3, 0.4) is 0 Å². The van der Waals surface area contributed by atoms with Gasteiger partial charge in [0.1, 0.15) is 0 Å². The van der Waals surface area contributed by atoms with Crippen LogP contribution in [-0.4, -0.2) is 97.9 Å². The van der Waals surface area contributed by atoms with Crippen LogP contribution in [0.4, 0.5) is 0 Å². The summed E-state index contributed by atoms with van der Waals surface area (Å²) >= 11 is 0. The fourth-order valence-electron chi connectivity index (χ4n) is 5.63. The molecule has 1 fully saturated rings. The minimum Gasteiger partial charge on any atom is -0.459 e. The molecule has 11 nitrogen and oxygen atoms in total. The molecule has 0 unspecified atom stereocenters. The van der Waals surface area contributed by atoms with Gasteiger partial charge in [-0.3, -0.25) is 19.0 Å². The van der Waals surface area contributed by atoms with Gasteiger partial charge < -0.3 is 34.3 Å². The van der Waals surface area contributed by atoms with Crippen molar-refractivity contribution >= 4 is 28.6 Å². The Morgan fingerprint density at radius 2 is 1.93 bits per heavy atom. The molecule has 2 aliphatic heterocycles. The molecule has 1 aromatic carbocycles. The average Bonchev–Trinajstić information content (AvgIpc) is 3.58. The average molecular weight is 586 g/mol. The molecule has 0 saturated carbocycles. The van der Waals surface area contributed by atoms with E-state index >= 15 is 0 Å². The molecule has 1 saturated heterocycles. The second-order valence-corrected chi connectivity index (χ2v) is 10.5. The molecule has 42 heavy (non-hydrogen) atoms. The number of aliphatic hydroxyl groups excluding tert-OH is 1. The van der Waals surface area contributed by atoms with Crippen LogP contribution in [0, 0.1) is 5.92 Å². The summed E-state index contributed by atoms with van der Waals surface area (Å²) in [7, 11) is 0. The first-order valence-electron chi connectivity index (χ1n) is 14.9. The van der Waals surface area contributed by atoms with Crippen molar-refractivity contribution in [2.45, 2.75) is 51.7 Å². The van der Waals surface area contributed by atoms with Gasteiger partial charge in [-0.1, -0.05) is 18.2 Å². The van der Waals surface area contributed by atoms with Gasteiger partial charge in [-0.05, 0) is 43.9 Å². The van der Waals surface area contributed by atoms with Gasteiger partial charge in [0, 0.05) is 69.6 Å². The number of ether oxygens (including phenoxy) is 4. The molecule has 1 aromatic heterocycles. The van der Waals surface area contributed by atoms with Crippen LogP contribution >= 0.6 is 0 Å². The lowest BCUT2D eigenvalue weighted by molar-refractivity contribution is -0.168. The Kier molecular flexibility index (Phi) is 11.9. The molecule has 3 atom stereocenters. The van der Waals surface area contributed by atoms with E-state index in [1.807, 2.05) is 48.4 Å². The lowest BCUT2D eigenvalue weighted by Gasteiger charge is -2.36. The number of aromatic nitrogens is 1. The standard InChI is InChI=1S/C31H43N3O8/c1-3-41-31-24(11-16-39-18-19-40-17-15-35)25(26-21-34(22(2)36)27-9-5-4-8-23(26)27)20-28(42-31)30(38)32-12-7-14-33-13-6-10-29(33)37/h4-5,8-9,20-21,24-25,31,35H,3,6-7,10-19H2,1-2H3,(H,32,38)/t24-,25-,31+/m0/s1. The first-order valence-corrected chi connectivity index (χ1v) is 14.9. The largest absolute Gasteiger partial charge is 0.459 e. The van der Waals surface area contributed by atoms with Crippen LogP contribution in [-0.2, 0) is 28.5 Å². The Hall–Kier alpha value is -3.25. The van der Waals surface area contributed by atoms with Crippen molar-refractivity contribution in [3.8, 4) is 0 Å². The summed E-state index contributed by atoms with van der Waals surface area (Å²) in [4.78, 5) is 39.5. The van der Waals surface area contributed by atoms with E-state index in [1.165, 1.54) is 6.92 Å². The topological polar surface area (TPSA) is 129 Å². The number of nitrogens with one attached hydrogen (secondary N) is 1. The lowest BCUT2D eigenvalue weighted by Crippen LogP contribution is -2.40. The summed E-state index contributed by atoms with van der Waals surface area (Å²) < 4.78 is 24.9. The van der Waals surface area contributed by atoms with Crippen molar-refractivity contribution in [3.05, 3.63) is 47.9 Å². The van der Waals surface area contributed by atoms with Gasteiger partial charge in [0.15, 0.2) is 5.76 Å². The van der Waals surface area contributed by atoms with Crippen LogP contribution < -0.4 is 5.32 Å². The third-order valence-corrected chi connectivity index (χ3v) is 7.65. The smallest absolute Gasteiger partial charge is 0.286 e. The molecule has 0 radical (unpaired) electrons. The predicted molar refractivity (Wildman–Crippen MR) is 156 cm³/mol. The summed E-state index contributed by atoms with van der Waals surface area (Å²) in [6.07, 6.45) is 5.67. The molecule has 0 aliphatic carbocycles. The fraction of sp³-hybridized carbons (Fsp3) is 0.581. The number of likely N-dealkylation sites (tertiary alicyclic amines) is 1. The number of hydrogen-bond acceptors (Lipinski definition) is 8. The molecule has 4 rings (SSSR count). The van der Waals surface area contributed by atoms with Crippen molar-refractivity contribution < 1.29 is 38.4 Å². The lowest BCUT2D eigenvalue weighted by atomic mass is 9.81. The summed E-state index contributed by atoms with van der Waals surface area (Å²) in [6.45, 7) is 6.98. The van der Waals surface area contributed by atoms with E-state index in [0.717, 1.165) is 29.4 Å². The number of rotatable bonds is 16. The molecular weight excluding hydrogens is 542 g/mol. The molecular formula is C31H43N3O8. The van der Waals surface area contributed by atoms with Crippen LogP contribution in [0.25, 0.3) is 10.9 Å². The van der Waals surface area contributed by atoms with Gasteiger partial charge in [0.25, 0.3) is 5.91 Å². The van der Waals surface area contributed by atoms with Crippen LogP contribution in [0.1, 0.15) is 55.8 Å². The number of para-hydroxylation sites is 1. The van der Waals surface area contributed by atoms with Crippen LogP contribution in [0.2, 0.25) is 0 Å². The van der Waals surface area contributed by atoms with E-state index in [9.17, 15) is 14.4 Å². The number of benzene rings is 1. The molecule has 11 heteroatoms. The zero-order valence-electron chi connectivity index (χ0n) is 24.6. The highest BCUT2D eigenvalue weighted by Gasteiger charge is 2.39. The van der Waals surface area contributed by atoms with Gasteiger partial charge in [-0.25, -0.2) is 0 Å². The Balaban J connectivity index is 1.55.